The Hall–Kier alpha value is -3.01. The zero-order chi connectivity index (χ0) is 23.2. The fourth-order valence-corrected chi connectivity index (χ4v) is 5.31. The second-order valence-electron chi connectivity index (χ2n) is 8.43. The molecular formula is C23H21F3N4O2S. The summed E-state index contributed by atoms with van der Waals surface area (Å²) < 4.78 is 44.5. The molecule has 2 aliphatic heterocycles. The summed E-state index contributed by atoms with van der Waals surface area (Å²) >= 11 is 1.45. The van der Waals surface area contributed by atoms with Gasteiger partial charge in [-0.3, -0.25) is 4.79 Å². The van der Waals surface area contributed by atoms with Crippen molar-refractivity contribution in [1.29, 1.82) is 0 Å². The molecule has 1 amide bonds. The van der Waals surface area contributed by atoms with Gasteiger partial charge in [-0.05, 0) is 50.3 Å². The standard InChI is InChI=1S/C23H21F3N4O2S/c1-13-2-5-16(21-27-8-9-33-21)20(29-13)22(31)30-12-14-3-6-17(30)18(10-14)32-19-7-4-15(11-28-19)23(24,25)26/h2,4-5,7-9,11,14,17-18H,3,6,10,12H2,1H3. The molecule has 33 heavy (non-hydrogen) atoms. The van der Waals surface area contributed by atoms with Crippen LogP contribution in [0.1, 0.15) is 41.0 Å². The van der Waals surface area contributed by atoms with Crippen LogP contribution < -0.4 is 4.74 Å². The first-order chi connectivity index (χ1) is 15.8. The zero-order valence-electron chi connectivity index (χ0n) is 17.7. The Bertz CT molecular complexity index is 1150. The number of hydrogen-bond acceptors (Lipinski definition) is 6. The summed E-state index contributed by atoms with van der Waals surface area (Å²) in [5.74, 6) is 0.212. The summed E-state index contributed by atoms with van der Waals surface area (Å²) in [7, 11) is 0. The number of aryl methyl sites for hydroxylation is 1. The van der Waals surface area contributed by atoms with Crippen molar-refractivity contribution in [3.63, 3.8) is 0 Å². The van der Waals surface area contributed by atoms with Crippen molar-refractivity contribution in [2.75, 3.05) is 6.54 Å². The number of rotatable bonds is 4. The number of hydrogen-bond donors (Lipinski definition) is 0. The average Bonchev–Trinajstić information content (AvgIpc) is 3.33. The number of ether oxygens (including phenoxy) is 1. The van der Waals surface area contributed by atoms with Crippen molar-refractivity contribution >= 4 is 17.2 Å². The van der Waals surface area contributed by atoms with Gasteiger partial charge < -0.3 is 9.64 Å². The van der Waals surface area contributed by atoms with Crippen LogP contribution in [0.3, 0.4) is 0 Å². The van der Waals surface area contributed by atoms with Crippen LogP contribution >= 0.6 is 11.3 Å². The Labute approximate surface area is 192 Å². The van der Waals surface area contributed by atoms with Crippen molar-refractivity contribution in [3.05, 3.63) is 59.0 Å². The van der Waals surface area contributed by atoms with Gasteiger partial charge >= 0.3 is 6.18 Å². The van der Waals surface area contributed by atoms with Crippen LogP contribution in [-0.4, -0.2) is 44.4 Å². The molecule has 10 heteroatoms. The van der Waals surface area contributed by atoms with E-state index in [1.54, 1.807) is 6.20 Å². The van der Waals surface area contributed by atoms with E-state index < -0.39 is 11.7 Å². The van der Waals surface area contributed by atoms with Crippen LogP contribution in [0.5, 0.6) is 5.88 Å². The molecule has 2 saturated heterocycles. The first-order valence-electron chi connectivity index (χ1n) is 10.7. The summed E-state index contributed by atoms with van der Waals surface area (Å²) in [6.07, 6.45) is 0.162. The van der Waals surface area contributed by atoms with Crippen LogP contribution in [0.15, 0.2) is 42.0 Å². The third kappa shape index (κ3) is 4.31. The number of piperidine rings is 2. The molecule has 0 spiro atoms. The molecule has 5 heterocycles. The zero-order valence-corrected chi connectivity index (χ0v) is 18.6. The van der Waals surface area contributed by atoms with Crippen LogP contribution in [0.25, 0.3) is 10.6 Å². The van der Waals surface area contributed by atoms with Gasteiger partial charge in [0.2, 0.25) is 5.88 Å². The molecule has 3 aromatic rings. The van der Waals surface area contributed by atoms with Gasteiger partial charge in [-0.15, -0.1) is 11.3 Å². The second kappa shape index (κ2) is 8.40. The van der Waals surface area contributed by atoms with E-state index >= 15 is 0 Å². The van der Waals surface area contributed by atoms with Crippen LogP contribution in [0.4, 0.5) is 13.2 Å². The number of carbonyl (C=O) groups is 1. The lowest BCUT2D eigenvalue weighted by Crippen LogP contribution is -2.59. The monoisotopic (exact) mass is 474 g/mol. The topological polar surface area (TPSA) is 68.2 Å². The van der Waals surface area contributed by atoms with Crippen molar-refractivity contribution in [1.82, 2.24) is 19.9 Å². The first kappa shape index (κ1) is 21.8. The Kier molecular flexibility index (Phi) is 5.55. The van der Waals surface area contributed by atoms with E-state index in [0.29, 0.717) is 17.8 Å². The quantitative estimate of drug-likeness (QED) is 0.532. The molecular weight excluding hydrogens is 453 g/mol. The summed E-state index contributed by atoms with van der Waals surface area (Å²) in [6.45, 7) is 2.45. The van der Waals surface area contributed by atoms with Crippen molar-refractivity contribution in [3.8, 4) is 16.5 Å². The molecule has 0 aromatic carbocycles. The van der Waals surface area contributed by atoms with Crippen LogP contribution in [-0.2, 0) is 6.18 Å². The molecule has 3 atom stereocenters. The van der Waals surface area contributed by atoms with Crippen molar-refractivity contribution < 1.29 is 22.7 Å². The van der Waals surface area contributed by atoms with Gasteiger partial charge in [0.05, 0.1) is 11.6 Å². The fraction of sp³-hybridized carbons (Fsp3) is 0.391. The Morgan fingerprint density at radius 3 is 2.70 bits per heavy atom. The van der Waals surface area contributed by atoms with E-state index in [4.69, 9.17) is 4.74 Å². The number of amides is 1. The van der Waals surface area contributed by atoms with Gasteiger partial charge in [0, 0.05) is 41.6 Å². The number of carbonyl (C=O) groups excluding carboxylic acids is 1. The first-order valence-corrected chi connectivity index (χ1v) is 11.6. The SMILES string of the molecule is Cc1ccc(-c2nccs2)c(C(=O)N2CC3CCC2C(Oc2ccc(C(F)(F)F)cn2)C3)n1. The van der Waals surface area contributed by atoms with Gasteiger partial charge in [0.25, 0.3) is 5.91 Å². The van der Waals surface area contributed by atoms with E-state index in [1.165, 1.54) is 17.4 Å². The largest absolute Gasteiger partial charge is 0.472 e. The van der Waals surface area contributed by atoms with Crippen LogP contribution in [0, 0.1) is 12.8 Å². The smallest absolute Gasteiger partial charge is 0.417 e. The average molecular weight is 475 g/mol. The lowest BCUT2D eigenvalue weighted by molar-refractivity contribution is -0.137. The molecule has 0 N–H and O–H groups in total. The normalized spacial score (nSPS) is 22.4. The predicted octanol–water partition coefficient (Wildman–Crippen LogP) is 5.00. The third-order valence-corrected chi connectivity index (χ3v) is 7.02. The maximum atomic E-state index is 13.7. The molecule has 3 unspecified atom stereocenters. The molecule has 1 aliphatic carbocycles. The Balaban J connectivity index is 1.39. The summed E-state index contributed by atoms with van der Waals surface area (Å²) in [4.78, 5) is 28.2. The van der Waals surface area contributed by atoms with E-state index in [2.05, 4.69) is 15.0 Å². The molecule has 6 rings (SSSR count). The minimum Gasteiger partial charge on any atom is -0.472 e. The summed E-state index contributed by atoms with van der Waals surface area (Å²) in [5.41, 5.74) is 0.979. The number of thiazole rings is 1. The number of alkyl halides is 3. The highest BCUT2D eigenvalue weighted by Crippen LogP contribution is 2.39. The van der Waals surface area contributed by atoms with Crippen molar-refractivity contribution in [2.24, 2.45) is 5.92 Å². The molecule has 3 fully saturated rings. The predicted molar refractivity (Wildman–Crippen MR) is 116 cm³/mol. The van der Waals surface area contributed by atoms with E-state index in [1.807, 2.05) is 29.3 Å². The number of aromatic nitrogens is 3. The van der Waals surface area contributed by atoms with E-state index in [-0.39, 0.29) is 29.9 Å². The Morgan fingerprint density at radius 1 is 1.18 bits per heavy atom. The highest BCUT2D eigenvalue weighted by molar-refractivity contribution is 7.13. The molecule has 6 nitrogen and oxygen atoms in total. The van der Waals surface area contributed by atoms with Gasteiger partial charge in [0.1, 0.15) is 16.8 Å². The summed E-state index contributed by atoms with van der Waals surface area (Å²) in [5, 5.41) is 2.59. The minimum atomic E-state index is -4.45. The fourth-order valence-electron chi connectivity index (χ4n) is 4.65. The number of nitrogens with zero attached hydrogens (tertiary/aromatic N) is 4. The molecule has 2 bridgehead atoms. The Morgan fingerprint density at radius 2 is 2.03 bits per heavy atom. The number of halogens is 3. The van der Waals surface area contributed by atoms with Gasteiger partial charge in [-0.25, -0.2) is 15.0 Å². The molecule has 3 aromatic heterocycles. The van der Waals surface area contributed by atoms with Crippen molar-refractivity contribution in [2.45, 2.75) is 44.5 Å². The van der Waals surface area contributed by atoms with Gasteiger partial charge in [0.15, 0.2) is 0 Å². The molecule has 1 saturated carbocycles. The second-order valence-corrected chi connectivity index (χ2v) is 9.32. The highest BCUT2D eigenvalue weighted by atomic mass is 32.1. The number of pyridine rings is 2. The van der Waals surface area contributed by atoms with E-state index in [0.717, 1.165) is 42.2 Å². The van der Waals surface area contributed by atoms with E-state index in [9.17, 15) is 18.0 Å². The molecule has 0 radical (unpaired) electrons. The lowest BCUT2D eigenvalue weighted by atomic mass is 9.77. The highest BCUT2D eigenvalue weighted by Gasteiger charge is 2.45. The minimum absolute atomic E-state index is 0.130. The van der Waals surface area contributed by atoms with Gasteiger partial charge in [-0.2, -0.15) is 13.2 Å². The lowest BCUT2D eigenvalue weighted by Gasteiger charge is -2.49. The van der Waals surface area contributed by atoms with Gasteiger partial charge in [-0.1, -0.05) is 0 Å². The molecule has 172 valence electrons. The van der Waals surface area contributed by atoms with Crippen LogP contribution in [0.2, 0.25) is 0 Å². The molecule has 3 aliphatic rings. The summed E-state index contributed by atoms with van der Waals surface area (Å²) in [6, 6.07) is 5.73. The maximum Gasteiger partial charge on any atom is 0.417 e. The number of fused-ring (bicyclic) bond motifs is 3. The third-order valence-electron chi connectivity index (χ3n) is 6.22. The maximum absolute atomic E-state index is 13.7.